The Kier molecular flexibility index (Phi) is 3.81. The van der Waals surface area contributed by atoms with Gasteiger partial charge in [-0.25, -0.2) is 0 Å². The number of ketones is 1. The molecule has 0 saturated heterocycles. The van der Waals surface area contributed by atoms with Gasteiger partial charge in [-0.15, -0.1) is 0 Å². The predicted octanol–water partition coefficient (Wildman–Crippen LogP) is 2.41. The highest BCUT2D eigenvalue weighted by Crippen LogP contribution is 2.34. The van der Waals surface area contributed by atoms with Gasteiger partial charge in [0.05, 0.1) is 16.6 Å². The maximum absolute atomic E-state index is 11.7. The van der Waals surface area contributed by atoms with Crippen molar-refractivity contribution in [2.45, 2.75) is 6.92 Å². The van der Waals surface area contributed by atoms with Gasteiger partial charge in [-0.3, -0.25) is 14.9 Å². The smallest absolute Gasteiger partial charge is 0.312 e. The van der Waals surface area contributed by atoms with Crippen LogP contribution >= 0.6 is 15.9 Å². The van der Waals surface area contributed by atoms with Crippen molar-refractivity contribution in [3.8, 4) is 11.8 Å². The summed E-state index contributed by atoms with van der Waals surface area (Å²) >= 11 is 3.00. The van der Waals surface area contributed by atoms with E-state index in [1.807, 2.05) is 0 Å². The third kappa shape index (κ3) is 2.60. The summed E-state index contributed by atoms with van der Waals surface area (Å²) in [5.41, 5.74) is -0.812. The summed E-state index contributed by atoms with van der Waals surface area (Å²) in [6, 6.07) is 4.05. The molecular formula is C10H7BrN2O4. The number of nitro groups is 1. The van der Waals surface area contributed by atoms with E-state index in [0.29, 0.717) is 0 Å². The quantitative estimate of drug-likeness (QED) is 0.524. The number of carbonyl (C=O) groups excluding carboxylic acids is 1. The lowest BCUT2D eigenvalue weighted by atomic mass is 9.99. The molecule has 88 valence electrons. The molecule has 0 spiro atoms. The number of phenols is 1. The fourth-order valence-corrected chi connectivity index (χ4v) is 1.65. The Morgan fingerprint density at radius 1 is 1.65 bits per heavy atom. The molecule has 0 aromatic heterocycles. The van der Waals surface area contributed by atoms with E-state index in [2.05, 4.69) is 15.9 Å². The molecule has 1 rings (SSSR count). The van der Waals surface area contributed by atoms with Gasteiger partial charge in [-0.05, 0) is 13.0 Å². The van der Waals surface area contributed by atoms with Crippen LogP contribution in [0.4, 0.5) is 5.69 Å². The molecule has 1 atom stereocenters. The number of hydrogen-bond donors (Lipinski definition) is 1. The fraction of sp³-hybridized carbons (Fsp3) is 0.200. The van der Waals surface area contributed by atoms with Crippen LogP contribution in [0.25, 0.3) is 0 Å². The lowest BCUT2D eigenvalue weighted by Crippen LogP contribution is -2.10. The maximum Gasteiger partial charge on any atom is 0.312 e. The van der Waals surface area contributed by atoms with Gasteiger partial charge < -0.3 is 5.11 Å². The standard InChI is InChI=1S/C10H7BrN2O4/c1-5(4-12)9(14)7-2-6(11)3-8(10(7)15)13(16)17/h2-3,5,15H,1H3. The van der Waals surface area contributed by atoms with Crippen molar-refractivity contribution >= 4 is 27.4 Å². The van der Waals surface area contributed by atoms with Gasteiger partial charge in [0.1, 0.15) is 5.92 Å². The van der Waals surface area contributed by atoms with Crippen LogP contribution in [0.1, 0.15) is 17.3 Å². The number of hydrogen-bond acceptors (Lipinski definition) is 5. The van der Waals surface area contributed by atoms with E-state index in [1.54, 1.807) is 6.07 Å². The first kappa shape index (κ1) is 13.1. The lowest BCUT2D eigenvalue weighted by Gasteiger charge is -2.06. The Bertz CT molecular complexity index is 536. The Morgan fingerprint density at radius 2 is 2.24 bits per heavy atom. The molecule has 0 bridgehead atoms. The number of aromatic hydroxyl groups is 1. The minimum absolute atomic E-state index is 0.236. The average molecular weight is 299 g/mol. The van der Waals surface area contributed by atoms with Crippen molar-refractivity contribution in [3.05, 3.63) is 32.3 Å². The third-order valence-electron chi connectivity index (χ3n) is 2.10. The van der Waals surface area contributed by atoms with Gasteiger partial charge in [0.15, 0.2) is 5.78 Å². The Balaban J connectivity index is 3.41. The molecule has 0 radical (unpaired) electrons. The summed E-state index contributed by atoms with van der Waals surface area (Å²) in [6.45, 7) is 1.36. The number of Topliss-reactive ketones (excluding diaryl/α,β-unsaturated/α-hetero) is 1. The molecule has 0 aliphatic carbocycles. The minimum Gasteiger partial charge on any atom is -0.502 e. The van der Waals surface area contributed by atoms with Crippen molar-refractivity contribution in [1.82, 2.24) is 0 Å². The number of phenolic OH excluding ortho intramolecular Hbond substituents is 1. The molecule has 1 N–H and O–H groups in total. The molecule has 1 aromatic carbocycles. The monoisotopic (exact) mass is 298 g/mol. The molecule has 0 aliphatic heterocycles. The van der Waals surface area contributed by atoms with Crippen LogP contribution in [0.3, 0.4) is 0 Å². The second kappa shape index (κ2) is 4.93. The van der Waals surface area contributed by atoms with Crippen LogP contribution < -0.4 is 0 Å². The van der Waals surface area contributed by atoms with Crippen molar-refractivity contribution in [2.24, 2.45) is 5.92 Å². The molecule has 6 nitrogen and oxygen atoms in total. The fourth-order valence-electron chi connectivity index (χ4n) is 1.20. The molecule has 1 aromatic rings. The second-order valence-corrected chi connectivity index (χ2v) is 4.21. The first-order valence-corrected chi connectivity index (χ1v) is 5.28. The zero-order chi connectivity index (χ0) is 13.2. The van der Waals surface area contributed by atoms with Gasteiger partial charge >= 0.3 is 5.69 Å². The van der Waals surface area contributed by atoms with Gasteiger partial charge in [0.2, 0.25) is 5.75 Å². The third-order valence-corrected chi connectivity index (χ3v) is 2.56. The first-order valence-electron chi connectivity index (χ1n) is 4.49. The number of benzene rings is 1. The highest BCUT2D eigenvalue weighted by Gasteiger charge is 2.25. The predicted molar refractivity (Wildman–Crippen MR) is 61.6 cm³/mol. The van der Waals surface area contributed by atoms with Gasteiger partial charge in [0.25, 0.3) is 0 Å². The zero-order valence-corrected chi connectivity index (χ0v) is 10.3. The molecule has 0 amide bonds. The lowest BCUT2D eigenvalue weighted by molar-refractivity contribution is -0.386. The number of nitriles is 1. The SMILES string of the molecule is CC(C#N)C(=O)c1cc(Br)cc([N+](=O)[O-])c1O. The first-order chi connectivity index (χ1) is 7.88. The van der Waals surface area contributed by atoms with Gasteiger partial charge in [-0.1, -0.05) is 15.9 Å². The summed E-state index contributed by atoms with van der Waals surface area (Å²) in [5.74, 6) is -2.35. The highest BCUT2D eigenvalue weighted by atomic mass is 79.9. The van der Waals surface area contributed by atoms with Gasteiger partial charge in [-0.2, -0.15) is 5.26 Å². The largest absolute Gasteiger partial charge is 0.502 e. The summed E-state index contributed by atoms with van der Waals surface area (Å²) in [6.07, 6.45) is 0. The molecular weight excluding hydrogens is 292 g/mol. The molecule has 0 fully saturated rings. The number of rotatable bonds is 3. The number of nitrogens with zero attached hydrogens (tertiary/aromatic N) is 2. The molecule has 0 saturated carbocycles. The van der Waals surface area contributed by atoms with Crippen molar-refractivity contribution in [2.75, 3.05) is 0 Å². The van der Waals surface area contributed by atoms with Crippen LogP contribution in [-0.4, -0.2) is 15.8 Å². The topological polar surface area (TPSA) is 104 Å². The van der Waals surface area contributed by atoms with E-state index < -0.39 is 28.1 Å². The number of carbonyl (C=O) groups is 1. The van der Waals surface area contributed by atoms with E-state index in [-0.39, 0.29) is 10.0 Å². The normalized spacial score (nSPS) is 11.6. The Morgan fingerprint density at radius 3 is 2.71 bits per heavy atom. The summed E-state index contributed by atoms with van der Waals surface area (Å²) in [7, 11) is 0. The van der Waals surface area contributed by atoms with E-state index >= 15 is 0 Å². The molecule has 1 unspecified atom stereocenters. The molecule has 17 heavy (non-hydrogen) atoms. The van der Waals surface area contributed by atoms with Crippen LogP contribution in [0.15, 0.2) is 16.6 Å². The maximum atomic E-state index is 11.7. The Hall–Kier alpha value is -1.94. The second-order valence-electron chi connectivity index (χ2n) is 3.29. The average Bonchev–Trinajstić information content (AvgIpc) is 2.29. The van der Waals surface area contributed by atoms with E-state index in [1.165, 1.54) is 13.0 Å². The zero-order valence-electron chi connectivity index (χ0n) is 8.68. The minimum atomic E-state index is -0.977. The van der Waals surface area contributed by atoms with E-state index in [4.69, 9.17) is 5.26 Å². The summed E-state index contributed by atoms with van der Waals surface area (Å²) in [4.78, 5) is 21.5. The van der Waals surface area contributed by atoms with Crippen LogP contribution in [0, 0.1) is 27.4 Å². The molecule has 0 aliphatic rings. The van der Waals surface area contributed by atoms with Crippen molar-refractivity contribution in [1.29, 1.82) is 5.26 Å². The molecule has 0 heterocycles. The Labute approximate surface area is 105 Å². The summed E-state index contributed by atoms with van der Waals surface area (Å²) < 4.78 is 0.287. The van der Waals surface area contributed by atoms with Crippen molar-refractivity contribution < 1.29 is 14.8 Å². The highest BCUT2D eigenvalue weighted by molar-refractivity contribution is 9.10. The van der Waals surface area contributed by atoms with Crippen LogP contribution in [-0.2, 0) is 0 Å². The van der Waals surface area contributed by atoms with Crippen LogP contribution in [0.5, 0.6) is 5.75 Å². The van der Waals surface area contributed by atoms with Crippen molar-refractivity contribution in [3.63, 3.8) is 0 Å². The number of nitro benzene ring substituents is 1. The van der Waals surface area contributed by atoms with Crippen LogP contribution in [0.2, 0.25) is 0 Å². The van der Waals surface area contributed by atoms with Gasteiger partial charge in [0, 0.05) is 10.5 Å². The molecule has 7 heteroatoms. The number of halogens is 1. The summed E-state index contributed by atoms with van der Waals surface area (Å²) in [5, 5.41) is 28.8. The van der Waals surface area contributed by atoms with E-state index in [9.17, 15) is 20.0 Å². The van der Waals surface area contributed by atoms with E-state index in [0.717, 1.165) is 6.07 Å².